The molecule has 1 N–H and O–H groups in total. The molecule has 0 aromatic rings. The summed E-state index contributed by atoms with van der Waals surface area (Å²) in [5.41, 5.74) is 0. The quantitative estimate of drug-likeness (QED) is 0.680. The van der Waals surface area contributed by atoms with Crippen LogP contribution in [0.2, 0.25) is 0 Å². The number of hydrogen-bond donors (Lipinski definition) is 1. The molecule has 0 aliphatic carbocycles. The number of aliphatic carboxylic acids is 1. The lowest BCUT2D eigenvalue weighted by atomic mass is 10.4. The van der Waals surface area contributed by atoms with Gasteiger partial charge in [-0.25, -0.2) is 9.18 Å². The molecule has 7 heteroatoms. The van der Waals surface area contributed by atoms with Crippen LogP contribution < -0.4 is 0 Å². The summed E-state index contributed by atoms with van der Waals surface area (Å²) in [5.74, 6) is -1.93. The van der Waals surface area contributed by atoms with Crippen molar-refractivity contribution in [2.24, 2.45) is 0 Å². The zero-order chi connectivity index (χ0) is 9.78. The molecule has 0 aromatic carbocycles. The van der Waals surface area contributed by atoms with Gasteiger partial charge in [0, 0.05) is 0 Å². The standard InChI is InChI=1S/C5H6F4O3/c6-3(4(10)11)12-2-1-5(7,8)9/h3H,1-2H2,(H,10,11). The van der Waals surface area contributed by atoms with Crippen LogP contribution in [0, 0.1) is 0 Å². The molecule has 1 atom stereocenters. The minimum absolute atomic E-state index is 0.989. The summed E-state index contributed by atoms with van der Waals surface area (Å²) in [6.45, 7) is -0.989. The van der Waals surface area contributed by atoms with Crippen LogP contribution in [0.4, 0.5) is 17.6 Å². The van der Waals surface area contributed by atoms with Crippen molar-refractivity contribution < 1.29 is 32.2 Å². The van der Waals surface area contributed by atoms with Crippen LogP contribution >= 0.6 is 0 Å². The lowest BCUT2D eigenvalue weighted by molar-refractivity contribution is -0.176. The minimum atomic E-state index is -4.46. The third-order valence-electron chi connectivity index (χ3n) is 0.844. The first-order valence-electron chi connectivity index (χ1n) is 2.88. The Hall–Kier alpha value is -0.850. The molecule has 0 bridgehead atoms. The van der Waals surface area contributed by atoms with Crippen molar-refractivity contribution in [1.29, 1.82) is 0 Å². The zero-order valence-electron chi connectivity index (χ0n) is 5.77. The van der Waals surface area contributed by atoms with Crippen LogP contribution in [-0.2, 0) is 9.53 Å². The van der Waals surface area contributed by atoms with Gasteiger partial charge in [0.25, 0.3) is 6.36 Å². The second-order valence-electron chi connectivity index (χ2n) is 1.89. The van der Waals surface area contributed by atoms with Gasteiger partial charge in [0.15, 0.2) is 0 Å². The number of carboxylic acid groups (broad SMARTS) is 1. The van der Waals surface area contributed by atoms with E-state index < -0.39 is 31.5 Å². The highest BCUT2D eigenvalue weighted by Crippen LogP contribution is 2.19. The summed E-state index contributed by atoms with van der Waals surface area (Å²) in [7, 11) is 0. The van der Waals surface area contributed by atoms with Gasteiger partial charge in [-0.2, -0.15) is 13.2 Å². The molecule has 0 saturated carbocycles. The molecular weight excluding hydrogens is 184 g/mol. The first-order valence-corrected chi connectivity index (χ1v) is 2.88. The van der Waals surface area contributed by atoms with Crippen LogP contribution in [0.1, 0.15) is 6.42 Å². The lowest BCUT2D eigenvalue weighted by Crippen LogP contribution is -2.21. The van der Waals surface area contributed by atoms with Crippen LogP contribution in [0.25, 0.3) is 0 Å². The fourth-order valence-electron chi connectivity index (χ4n) is 0.349. The SMILES string of the molecule is O=C(O)C(F)OCCC(F)(F)F. The van der Waals surface area contributed by atoms with E-state index in [0.717, 1.165) is 0 Å². The van der Waals surface area contributed by atoms with E-state index in [1.165, 1.54) is 0 Å². The number of ether oxygens (including phenoxy) is 1. The minimum Gasteiger partial charge on any atom is -0.477 e. The maximum absolute atomic E-state index is 11.9. The molecule has 0 radical (unpaired) electrons. The summed E-state index contributed by atoms with van der Waals surface area (Å²) in [6, 6.07) is 0. The summed E-state index contributed by atoms with van der Waals surface area (Å²) in [5, 5.41) is 7.83. The number of hydrogen-bond acceptors (Lipinski definition) is 2. The molecule has 0 spiro atoms. The Morgan fingerprint density at radius 2 is 2.00 bits per heavy atom. The van der Waals surface area contributed by atoms with Gasteiger partial charge in [0.1, 0.15) is 0 Å². The number of carbonyl (C=O) groups is 1. The summed E-state index contributed by atoms with van der Waals surface area (Å²) in [4.78, 5) is 9.67. The van der Waals surface area contributed by atoms with Crippen molar-refractivity contribution in [1.82, 2.24) is 0 Å². The molecule has 72 valence electrons. The zero-order valence-corrected chi connectivity index (χ0v) is 5.77. The second kappa shape index (κ2) is 4.24. The molecule has 0 aromatic heterocycles. The predicted octanol–water partition coefficient (Wildman–Crippen LogP) is 1.34. The van der Waals surface area contributed by atoms with Gasteiger partial charge in [-0.1, -0.05) is 0 Å². The van der Waals surface area contributed by atoms with Crippen molar-refractivity contribution >= 4 is 5.97 Å². The smallest absolute Gasteiger partial charge is 0.391 e. The molecule has 0 heterocycles. The molecule has 12 heavy (non-hydrogen) atoms. The lowest BCUT2D eigenvalue weighted by Gasteiger charge is -2.07. The fraction of sp³-hybridized carbons (Fsp3) is 0.800. The molecule has 0 aliphatic heterocycles. The van der Waals surface area contributed by atoms with Crippen molar-refractivity contribution in [2.45, 2.75) is 19.0 Å². The predicted molar refractivity (Wildman–Crippen MR) is 29.2 cm³/mol. The number of halogens is 4. The monoisotopic (exact) mass is 190 g/mol. The van der Waals surface area contributed by atoms with E-state index in [0.29, 0.717) is 0 Å². The molecular formula is C5H6F4O3. The van der Waals surface area contributed by atoms with Gasteiger partial charge in [0.2, 0.25) is 0 Å². The Balaban J connectivity index is 3.51. The van der Waals surface area contributed by atoms with E-state index in [2.05, 4.69) is 4.74 Å². The number of rotatable bonds is 4. The van der Waals surface area contributed by atoms with Gasteiger partial charge in [-0.05, 0) is 0 Å². The van der Waals surface area contributed by atoms with Crippen molar-refractivity contribution in [3.05, 3.63) is 0 Å². The Morgan fingerprint density at radius 1 is 1.50 bits per heavy atom. The average molecular weight is 190 g/mol. The summed E-state index contributed by atoms with van der Waals surface area (Å²) >= 11 is 0. The van der Waals surface area contributed by atoms with Crippen molar-refractivity contribution in [2.75, 3.05) is 6.61 Å². The van der Waals surface area contributed by atoms with E-state index in [-0.39, 0.29) is 0 Å². The van der Waals surface area contributed by atoms with Crippen LogP contribution in [0.5, 0.6) is 0 Å². The summed E-state index contributed by atoms with van der Waals surface area (Å²) in [6.07, 6.45) is -8.51. The molecule has 0 saturated heterocycles. The van der Waals surface area contributed by atoms with Crippen LogP contribution in [0.15, 0.2) is 0 Å². The Bertz CT molecular complexity index is 155. The first kappa shape index (κ1) is 11.2. The van der Waals surface area contributed by atoms with Gasteiger partial charge in [-0.3, -0.25) is 0 Å². The molecule has 0 fully saturated rings. The molecule has 3 nitrogen and oxygen atoms in total. The van der Waals surface area contributed by atoms with E-state index in [1.54, 1.807) is 0 Å². The fourth-order valence-corrected chi connectivity index (χ4v) is 0.349. The highest BCUT2D eigenvalue weighted by molar-refractivity contribution is 5.70. The largest absolute Gasteiger partial charge is 0.477 e. The first-order chi connectivity index (χ1) is 5.33. The van der Waals surface area contributed by atoms with Gasteiger partial charge < -0.3 is 9.84 Å². The van der Waals surface area contributed by atoms with Crippen molar-refractivity contribution in [3.63, 3.8) is 0 Å². The topological polar surface area (TPSA) is 46.5 Å². The Morgan fingerprint density at radius 3 is 2.33 bits per heavy atom. The third kappa shape index (κ3) is 5.90. The Kier molecular flexibility index (Phi) is 3.94. The second-order valence-corrected chi connectivity index (χ2v) is 1.89. The van der Waals surface area contributed by atoms with Crippen molar-refractivity contribution in [3.8, 4) is 0 Å². The molecule has 0 amide bonds. The highest BCUT2D eigenvalue weighted by atomic mass is 19.4. The van der Waals surface area contributed by atoms with E-state index in [1.807, 2.05) is 0 Å². The third-order valence-corrected chi connectivity index (χ3v) is 0.844. The maximum Gasteiger partial charge on any atom is 0.391 e. The van der Waals surface area contributed by atoms with E-state index in [4.69, 9.17) is 5.11 Å². The number of alkyl halides is 4. The Labute approximate surface area is 64.9 Å². The van der Waals surface area contributed by atoms with E-state index >= 15 is 0 Å². The number of carboxylic acids is 1. The normalized spacial score (nSPS) is 14.3. The molecule has 0 rings (SSSR count). The molecule has 0 aliphatic rings. The van der Waals surface area contributed by atoms with Gasteiger partial charge in [-0.15, -0.1) is 0 Å². The summed E-state index contributed by atoms with van der Waals surface area (Å²) < 4.78 is 49.7. The van der Waals surface area contributed by atoms with Crippen LogP contribution in [0.3, 0.4) is 0 Å². The van der Waals surface area contributed by atoms with Crippen LogP contribution in [-0.4, -0.2) is 30.2 Å². The molecule has 1 unspecified atom stereocenters. The van der Waals surface area contributed by atoms with Gasteiger partial charge >= 0.3 is 12.1 Å². The maximum atomic E-state index is 11.9. The highest BCUT2D eigenvalue weighted by Gasteiger charge is 2.28. The average Bonchev–Trinajstić information content (AvgIpc) is 1.84. The van der Waals surface area contributed by atoms with Gasteiger partial charge in [0.05, 0.1) is 13.0 Å². The van der Waals surface area contributed by atoms with E-state index in [9.17, 15) is 22.4 Å².